The van der Waals surface area contributed by atoms with Crippen LogP contribution in [0.2, 0.25) is 0 Å². The van der Waals surface area contributed by atoms with E-state index in [2.05, 4.69) is 0 Å². The molecule has 0 spiro atoms. The first kappa shape index (κ1) is 19.0. The summed E-state index contributed by atoms with van der Waals surface area (Å²) >= 11 is 5.73. The van der Waals surface area contributed by atoms with Gasteiger partial charge in [0.1, 0.15) is 22.6 Å². The number of halogens is 1. The molecule has 2 aromatic rings. The molecular weight excluding hydrogens is 368 g/mol. The van der Waals surface area contributed by atoms with Gasteiger partial charge in [-0.25, -0.2) is 0 Å². The second kappa shape index (κ2) is 7.84. The Morgan fingerprint density at radius 2 is 2.04 bits per heavy atom. The smallest absolute Gasteiger partial charge is 0.329 e. The zero-order valence-electron chi connectivity index (χ0n) is 15.2. The van der Waals surface area contributed by atoms with E-state index in [0.717, 1.165) is 5.56 Å². The van der Waals surface area contributed by atoms with Crippen molar-refractivity contribution in [1.29, 1.82) is 0 Å². The highest BCUT2D eigenvalue weighted by Gasteiger charge is 2.30. The van der Waals surface area contributed by atoms with Crippen molar-refractivity contribution in [2.75, 3.05) is 6.61 Å². The van der Waals surface area contributed by atoms with Crippen molar-refractivity contribution in [2.24, 2.45) is 0 Å². The second-order valence-corrected chi connectivity index (χ2v) is 6.72. The standard InChI is InChI=1S/C21H19ClO5/c1-4-25-16-8-6-5-7-14(16)10-18-20(23)19-12(2)9-15(11-17(19)27-18)26-21(24)13(3)22/h5-11,13H,4H2,1-3H3/b18-10-. The van der Waals surface area contributed by atoms with Crippen LogP contribution in [-0.4, -0.2) is 23.7 Å². The number of fused-ring (bicyclic) bond motifs is 1. The highest BCUT2D eigenvalue weighted by atomic mass is 35.5. The third-order valence-electron chi connectivity index (χ3n) is 3.99. The summed E-state index contributed by atoms with van der Waals surface area (Å²) in [6.45, 7) is 5.70. The molecule has 0 fully saturated rings. The molecule has 1 aliphatic rings. The number of Topliss-reactive ketones (excluding diaryl/α,β-unsaturated/α-hetero) is 1. The molecule has 5 nitrogen and oxygen atoms in total. The number of aryl methyl sites for hydroxylation is 1. The Bertz CT molecular complexity index is 930. The van der Waals surface area contributed by atoms with E-state index < -0.39 is 11.3 Å². The van der Waals surface area contributed by atoms with Crippen LogP contribution in [0.3, 0.4) is 0 Å². The van der Waals surface area contributed by atoms with Gasteiger partial charge in [0.2, 0.25) is 5.78 Å². The number of hydrogen-bond acceptors (Lipinski definition) is 5. The number of carbonyl (C=O) groups excluding carboxylic acids is 2. The predicted molar refractivity (Wildman–Crippen MR) is 103 cm³/mol. The summed E-state index contributed by atoms with van der Waals surface area (Å²) in [6, 6.07) is 10.5. The first-order valence-electron chi connectivity index (χ1n) is 8.57. The Labute approximate surface area is 162 Å². The maximum Gasteiger partial charge on any atom is 0.329 e. The molecule has 0 amide bonds. The normalized spacial score (nSPS) is 15.3. The number of para-hydroxylation sites is 1. The van der Waals surface area contributed by atoms with Gasteiger partial charge in [-0.1, -0.05) is 18.2 Å². The average Bonchev–Trinajstić information content (AvgIpc) is 2.92. The number of ketones is 1. The molecular formula is C21H19ClO5. The quantitative estimate of drug-likeness (QED) is 0.326. The molecule has 1 aliphatic heterocycles. The Kier molecular flexibility index (Phi) is 5.51. The highest BCUT2D eigenvalue weighted by molar-refractivity contribution is 6.29. The van der Waals surface area contributed by atoms with Gasteiger partial charge in [0.05, 0.1) is 12.2 Å². The topological polar surface area (TPSA) is 61.8 Å². The van der Waals surface area contributed by atoms with Crippen molar-refractivity contribution in [3.05, 3.63) is 58.8 Å². The average molecular weight is 387 g/mol. The van der Waals surface area contributed by atoms with Crippen LogP contribution in [0.1, 0.15) is 35.3 Å². The lowest BCUT2D eigenvalue weighted by atomic mass is 10.0. The number of carbonyl (C=O) groups is 2. The van der Waals surface area contributed by atoms with Gasteiger partial charge in [0.15, 0.2) is 5.76 Å². The number of allylic oxidation sites excluding steroid dienone is 1. The van der Waals surface area contributed by atoms with Crippen molar-refractivity contribution in [3.63, 3.8) is 0 Å². The van der Waals surface area contributed by atoms with Gasteiger partial charge in [-0.05, 0) is 44.5 Å². The van der Waals surface area contributed by atoms with Crippen molar-refractivity contribution in [3.8, 4) is 17.2 Å². The Balaban J connectivity index is 1.93. The molecule has 1 heterocycles. The summed E-state index contributed by atoms with van der Waals surface area (Å²) in [6.07, 6.45) is 1.65. The molecule has 0 aliphatic carbocycles. The molecule has 140 valence electrons. The minimum Gasteiger partial charge on any atom is -0.493 e. The minimum atomic E-state index is -0.772. The summed E-state index contributed by atoms with van der Waals surface area (Å²) < 4.78 is 16.6. The van der Waals surface area contributed by atoms with Crippen LogP contribution < -0.4 is 14.2 Å². The molecule has 0 radical (unpaired) electrons. The van der Waals surface area contributed by atoms with E-state index in [4.69, 9.17) is 25.8 Å². The largest absolute Gasteiger partial charge is 0.493 e. The van der Waals surface area contributed by atoms with Crippen molar-refractivity contribution in [2.45, 2.75) is 26.1 Å². The molecule has 3 rings (SSSR count). The van der Waals surface area contributed by atoms with Gasteiger partial charge < -0.3 is 14.2 Å². The summed E-state index contributed by atoms with van der Waals surface area (Å²) in [7, 11) is 0. The molecule has 6 heteroatoms. The van der Waals surface area contributed by atoms with E-state index in [-0.39, 0.29) is 17.3 Å². The zero-order chi connectivity index (χ0) is 19.6. The summed E-state index contributed by atoms with van der Waals surface area (Å²) in [4.78, 5) is 24.5. The van der Waals surface area contributed by atoms with Crippen LogP contribution in [0.15, 0.2) is 42.2 Å². The fourth-order valence-corrected chi connectivity index (χ4v) is 2.81. The molecule has 1 unspecified atom stereocenters. The summed E-state index contributed by atoms with van der Waals surface area (Å²) in [5, 5.41) is -0.772. The summed E-state index contributed by atoms with van der Waals surface area (Å²) in [5.74, 6) is 0.702. The van der Waals surface area contributed by atoms with E-state index >= 15 is 0 Å². The lowest BCUT2D eigenvalue weighted by Crippen LogP contribution is -2.17. The van der Waals surface area contributed by atoms with Crippen LogP contribution in [-0.2, 0) is 4.79 Å². The number of benzene rings is 2. The van der Waals surface area contributed by atoms with Crippen LogP contribution in [0.5, 0.6) is 17.2 Å². The van der Waals surface area contributed by atoms with E-state index in [1.54, 1.807) is 19.1 Å². The molecule has 27 heavy (non-hydrogen) atoms. The first-order valence-corrected chi connectivity index (χ1v) is 9.00. The fourth-order valence-electron chi connectivity index (χ4n) is 2.76. The molecule has 0 bridgehead atoms. The lowest BCUT2D eigenvalue weighted by molar-refractivity contribution is -0.133. The number of hydrogen-bond donors (Lipinski definition) is 0. The molecule has 0 N–H and O–H groups in total. The van der Waals surface area contributed by atoms with Crippen LogP contribution in [0.4, 0.5) is 0 Å². The monoisotopic (exact) mass is 386 g/mol. The molecule has 2 aromatic carbocycles. The van der Waals surface area contributed by atoms with Gasteiger partial charge in [-0.15, -0.1) is 11.6 Å². The van der Waals surface area contributed by atoms with Gasteiger partial charge in [-0.2, -0.15) is 0 Å². The Morgan fingerprint density at radius 3 is 2.74 bits per heavy atom. The number of esters is 1. The van der Waals surface area contributed by atoms with Gasteiger partial charge in [-0.3, -0.25) is 9.59 Å². The zero-order valence-corrected chi connectivity index (χ0v) is 16.0. The fraction of sp³-hybridized carbons (Fsp3) is 0.238. The van der Waals surface area contributed by atoms with E-state index in [9.17, 15) is 9.59 Å². The highest BCUT2D eigenvalue weighted by Crippen LogP contribution is 2.38. The predicted octanol–water partition coefficient (Wildman–Crippen LogP) is 4.54. The van der Waals surface area contributed by atoms with Gasteiger partial charge >= 0.3 is 5.97 Å². The first-order chi connectivity index (χ1) is 12.9. The van der Waals surface area contributed by atoms with E-state index in [0.29, 0.717) is 29.2 Å². The van der Waals surface area contributed by atoms with Crippen LogP contribution >= 0.6 is 11.6 Å². The third-order valence-corrected chi connectivity index (χ3v) is 4.17. The maximum absolute atomic E-state index is 12.8. The third kappa shape index (κ3) is 3.98. The van der Waals surface area contributed by atoms with Crippen LogP contribution in [0.25, 0.3) is 6.08 Å². The molecule has 0 saturated heterocycles. The van der Waals surface area contributed by atoms with E-state index in [1.165, 1.54) is 13.0 Å². The van der Waals surface area contributed by atoms with Crippen molar-refractivity contribution in [1.82, 2.24) is 0 Å². The van der Waals surface area contributed by atoms with Gasteiger partial charge in [0, 0.05) is 11.6 Å². The molecule has 0 saturated carbocycles. The lowest BCUT2D eigenvalue weighted by Gasteiger charge is -2.08. The SMILES string of the molecule is CCOc1ccccc1/C=C1\Oc2cc(OC(=O)C(C)Cl)cc(C)c2C1=O. The Morgan fingerprint density at radius 1 is 1.30 bits per heavy atom. The molecule has 1 atom stereocenters. The number of rotatable bonds is 5. The number of alkyl halides is 1. The number of ether oxygens (including phenoxy) is 3. The minimum absolute atomic E-state index is 0.189. The van der Waals surface area contributed by atoms with Crippen molar-refractivity contribution >= 4 is 29.4 Å². The Hall–Kier alpha value is -2.79. The summed E-state index contributed by atoms with van der Waals surface area (Å²) in [5.41, 5.74) is 1.86. The second-order valence-electron chi connectivity index (χ2n) is 6.06. The van der Waals surface area contributed by atoms with Crippen LogP contribution in [0, 0.1) is 6.92 Å². The molecule has 0 aromatic heterocycles. The van der Waals surface area contributed by atoms with E-state index in [1.807, 2.05) is 31.2 Å². The maximum atomic E-state index is 12.8. The van der Waals surface area contributed by atoms with Gasteiger partial charge in [0.25, 0.3) is 0 Å². The van der Waals surface area contributed by atoms with Crippen molar-refractivity contribution < 1.29 is 23.8 Å².